The number of unbranched alkanes of at least 4 members (excludes halogenated alkanes) is 1. The third kappa shape index (κ3) is 4.12. The molecule has 6 heteroatoms. The normalized spacial score (nSPS) is 13.7. The molecule has 1 aromatic carbocycles. The predicted molar refractivity (Wildman–Crippen MR) is 75.5 cm³/mol. The van der Waals surface area contributed by atoms with Gasteiger partial charge in [0.1, 0.15) is 6.54 Å². The average Bonchev–Trinajstić information content (AvgIpc) is 2.88. The van der Waals surface area contributed by atoms with Gasteiger partial charge in [0.2, 0.25) is 0 Å². The van der Waals surface area contributed by atoms with Gasteiger partial charge in [-0.25, -0.2) is 0 Å². The van der Waals surface area contributed by atoms with Gasteiger partial charge in [0.05, 0.1) is 0 Å². The molecule has 2 rings (SSSR count). The summed E-state index contributed by atoms with van der Waals surface area (Å²) in [7, 11) is 0. The molecular formula is C15H19F3N2O. The molecule has 1 aromatic rings. The quantitative estimate of drug-likeness (QED) is 0.903. The predicted octanol–water partition coefficient (Wildman–Crippen LogP) is 3.46. The van der Waals surface area contributed by atoms with Gasteiger partial charge in [0, 0.05) is 24.3 Å². The van der Waals surface area contributed by atoms with E-state index in [1.54, 1.807) is 12.1 Å². The minimum absolute atomic E-state index is 0.124. The Kier molecular flexibility index (Phi) is 4.75. The summed E-state index contributed by atoms with van der Waals surface area (Å²) in [5.74, 6) is -0.558. The number of anilines is 1. The molecular weight excluding hydrogens is 281 g/mol. The second kappa shape index (κ2) is 6.37. The second-order valence-electron chi connectivity index (χ2n) is 5.24. The van der Waals surface area contributed by atoms with Crippen LogP contribution in [0.25, 0.3) is 0 Å². The first kappa shape index (κ1) is 15.7. The minimum atomic E-state index is -4.38. The Morgan fingerprint density at radius 1 is 1.38 bits per heavy atom. The van der Waals surface area contributed by atoms with Crippen LogP contribution in [-0.4, -0.2) is 36.6 Å². The summed E-state index contributed by atoms with van der Waals surface area (Å²) in [5, 5.41) is 3.13. The van der Waals surface area contributed by atoms with Crippen molar-refractivity contribution < 1.29 is 18.0 Å². The largest absolute Gasteiger partial charge is 0.406 e. The van der Waals surface area contributed by atoms with Crippen molar-refractivity contribution in [3.8, 4) is 0 Å². The maximum atomic E-state index is 12.6. The van der Waals surface area contributed by atoms with Gasteiger partial charge < -0.3 is 10.2 Å². The molecule has 0 atom stereocenters. The standard InChI is InChI=1S/C15H19F3N2O/c1-2-3-8-20(10-15(16,17)18)14(21)12-5-4-11-6-7-19-13(11)9-12/h4-5,9,19H,2-3,6-8,10H2,1H3. The Bertz CT molecular complexity index is 514. The van der Waals surface area contributed by atoms with Gasteiger partial charge in [-0.15, -0.1) is 0 Å². The number of carbonyl (C=O) groups excluding carboxylic acids is 1. The zero-order valence-electron chi connectivity index (χ0n) is 12.0. The fourth-order valence-corrected chi connectivity index (χ4v) is 2.42. The zero-order chi connectivity index (χ0) is 15.5. The number of halogens is 3. The third-order valence-electron chi connectivity index (χ3n) is 3.51. The third-order valence-corrected chi connectivity index (χ3v) is 3.51. The van der Waals surface area contributed by atoms with E-state index in [4.69, 9.17) is 0 Å². The maximum Gasteiger partial charge on any atom is 0.406 e. The van der Waals surface area contributed by atoms with Crippen molar-refractivity contribution in [2.75, 3.05) is 25.0 Å². The maximum absolute atomic E-state index is 12.6. The van der Waals surface area contributed by atoms with Crippen molar-refractivity contribution in [2.24, 2.45) is 0 Å². The lowest BCUT2D eigenvalue weighted by atomic mass is 10.1. The Labute approximate surface area is 122 Å². The summed E-state index contributed by atoms with van der Waals surface area (Å²) in [4.78, 5) is 13.2. The summed E-state index contributed by atoms with van der Waals surface area (Å²) < 4.78 is 37.9. The summed E-state index contributed by atoms with van der Waals surface area (Å²) in [6, 6.07) is 5.08. The van der Waals surface area contributed by atoms with Crippen LogP contribution in [0.2, 0.25) is 0 Å². The molecule has 0 saturated heterocycles. The highest BCUT2D eigenvalue weighted by atomic mass is 19.4. The number of fused-ring (bicyclic) bond motifs is 1. The van der Waals surface area contributed by atoms with Crippen LogP contribution in [0.1, 0.15) is 35.7 Å². The molecule has 0 unspecified atom stereocenters. The smallest absolute Gasteiger partial charge is 0.384 e. The van der Waals surface area contributed by atoms with Crippen LogP contribution in [0.5, 0.6) is 0 Å². The molecule has 1 aliphatic rings. The number of carbonyl (C=O) groups is 1. The van der Waals surface area contributed by atoms with Crippen LogP contribution in [-0.2, 0) is 6.42 Å². The zero-order valence-corrected chi connectivity index (χ0v) is 12.0. The monoisotopic (exact) mass is 300 g/mol. The topological polar surface area (TPSA) is 32.3 Å². The van der Waals surface area contributed by atoms with Gasteiger partial charge in [0.25, 0.3) is 5.91 Å². The number of benzene rings is 1. The highest BCUT2D eigenvalue weighted by Gasteiger charge is 2.33. The molecule has 0 spiro atoms. The Morgan fingerprint density at radius 3 is 2.81 bits per heavy atom. The van der Waals surface area contributed by atoms with Gasteiger partial charge in [-0.2, -0.15) is 13.2 Å². The lowest BCUT2D eigenvalue weighted by Gasteiger charge is -2.24. The SMILES string of the molecule is CCCCN(CC(F)(F)F)C(=O)c1ccc2c(c1)NCC2. The van der Waals surface area contributed by atoms with Crippen LogP contribution in [0.3, 0.4) is 0 Å². The molecule has 0 aromatic heterocycles. The van der Waals surface area contributed by atoms with E-state index in [2.05, 4.69) is 5.32 Å². The highest BCUT2D eigenvalue weighted by Crippen LogP contribution is 2.25. The van der Waals surface area contributed by atoms with E-state index < -0.39 is 18.6 Å². The van der Waals surface area contributed by atoms with E-state index in [0.717, 1.165) is 35.5 Å². The van der Waals surface area contributed by atoms with Crippen LogP contribution in [0, 0.1) is 0 Å². The van der Waals surface area contributed by atoms with E-state index in [0.29, 0.717) is 12.0 Å². The molecule has 1 aliphatic heterocycles. The van der Waals surface area contributed by atoms with Gasteiger partial charge in [0.15, 0.2) is 0 Å². The first-order valence-electron chi connectivity index (χ1n) is 7.13. The van der Waals surface area contributed by atoms with Gasteiger partial charge >= 0.3 is 6.18 Å². The van der Waals surface area contributed by atoms with Gasteiger partial charge in [-0.1, -0.05) is 19.4 Å². The molecule has 0 fully saturated rings. The Balaban J connectivity index is 2.16. The van der Waals surface area contributed by atoms with Crippen molar-refractivity contribution in [1.82, 2.24) is 4.90 Å². The molecule has 1 heterocycles. The van der Waals surface area contributed by atoms with E-state index >= 15 is 0 Å². The van der Waals surface area contributed by atoms with E-state index in [1.807, 2.05) is 13.0 Å². The number of alkyl halides is 3. The van der Waals surface area contributed by atoms with E-state index in [1.165, 1.54) is 0 Å². The molecule has 0 bridgehead atoms. The summed E-state index contributed by atoms with van der Waals surface area (Å²) in [5.41, 5.74) is 2.26. The van der Waals surface area contributed by atoms with Crippen molar-refractivity contribution >= 4 is 11.6 Å². The molecule has 0 aliphatic carbocycles. The average molecular weight is 300 g/mol. The van der Waals surface area contributed by atoms with E-state index in [-0.39, 0.29) is 6.54 Å². The Hall–Kier alpha value is -1.72. The molecule has 3 nitrogen and oxygen atoms in total. The minimum Gasteiger partial charge on any atom is -0.384 e. The first-order chi connectivity index (χ1) is 9.90. The van der Waals surface area contributed by atoms with E-state index in [9.17, 15) is 18.0 Å². The van der Waals surface area contributed by atoms with Gasteiger partial charge in [-0.3, -0.25) is 4.79 Å². The first-order valence-corrected chi connectivity index (χ1v) is 7.13. The number of nitrogens with zero attached hydrogens (tertiary/aromatic N) is 1. The van der Waals surface area contributed by atoms with Crippen LogP contribution in [0.4, 0.5) is 18.9 Å². The summed E-state index contributed by atoms with van der Waals surface area (Å²) in [6.07, 6.45) is -2.19. The molecule has 0 radical (unpaired) electrons. The van der Waals surface area contributed by atoms with Crippen LogP contribution < -0.4 is 5.32 Å². The van der Waals surface area contributed by atoms with Crippen LogP contribution >= 0.6 is 0 Å². The lowest BCUT2D eigenvalue weighted by molar-refractivity contribution is -0.140. The molecule has 116 valence electrons. The van der Waals surface area contributed by atoms with Crippen molar-refractivity contribution in [1.29, 1.82) is 0 Å². The molecule has 21 heavy (non-hydrogen) atoms. The molecule has 1 amide bonds. The summed E-state index contributed by atoms with van der Waals surface area (Å²) >= 11 is 0. The fraction of sp³-hybridized carbons (Fsp3) is 0.533. The molecule has 0 saturated carbocycles. The van der Waals surface area contributed by atoms with Gasteiger partial charge in [-0.05, 0) is 30.5 Å². The molecule has 1 N–H and O–H groups in total. The van der Waals surface area contributed by atoms with Crippen LogP contribution in [0.15, 0.2) is 18.2 Å². The van der Waals surface area contributed by atoms with Crippen molar-refractivity contribution in [3.63, 3.8) is 0 Å². The second-order valence-corrected chi connectivity index (χ2v) is 5.24. The summed E-state index contributed by atoms with van der Waals surface area (Å²) in [6.45, 7) is 1.61. The number of hydrogen-bond donors (Lipinski definition) is 1. The van der Waals surface area contributed by atoms with Crippen molar-refractivity contribution in [3.05, 3.63) is 29.3 Å². The highest BCUT2D eigenvalue weighted by molar-refractivity contribution is 5.95. The number of nitrogens with one attached hydrogen (secondary N) is 1. The van der Waals surface area contributed by atoms with Crippen molar-refractivity contribution in [2.45, 2.75) is 32.4 Å². The number of rotatable bonds is 5. The Morgan fingerprint density at radius 2 is 2.14 bits per heavy atom. The lowest BCUT2D eigenvalue weighted by Crippen LogP contribution is -2.39. The fourth-order valence-electron chi connectivity index (χ4n) is 2.42. The number of hydrogen-bond acceptors (Lipinski definition) is 2. The number of amides is 1.